The minimum atomic E-state index is -1.07. The molecule has 130 valence electrons. The van der Waals surface area contributed by atoms with E-state index in [1.807, 2.05) is 6.92 Å². The van der Waals surface area contributed by atoms with E-state index in [1.165, 1.54) is 19.2 Å². The molecule has 25 heavy (non-hydrogen) atoms. The first-order chi connectivity index (χ1) is 11.9. The third kappa shape index (κ3) is 3.23. The van der Waals surface area contributed by atoms with Crippen molar-refractivity contribution in [2.75, 3.05) is 7.11 Å². The highest BCUT2D eigenvalue weighted by Crippen LogP contribution is 2.40. The van der Waals surface area contributed by atoms with E-state index in [0.717, 1.165) is 11.6 Å². The molecule has 2 aromatic carbocycles. The van der Waals surface area contributed by atoms with Crippen molar-refractivity contribution < 1.29 is 28.3 Å². The Labute approximate surface area is 142 Å². The summed E-state index contributed by atoms with van der Waals surface area (Å²) in [4.78, 5) is 21.8. The number of carbonyl (C=O) groups excluding carboxylic acids is 1. The van der Waals surface area contributed by atoms with Crippen molar-refractivity contribution in [1.82, 2.24) is 0 Å². The van der Waals surface area contributed by atoms with Crippen LogP contribution in [0.5, 0.6) is 23.0 Å². The number of esters is 1. The molecular weight excluding hydrogens is 333 g/mol. The summed E-state index contributed by atoms with van der Waals surface area (Å²) in [5.41, 5.74) is 0.0298. The summed E-state index contributed by atoms with van der Waals surface area (Å²) in [7, 11) is 1.31. The zero-order valence-corrected chi connectivity index (χ0v) is 13.4. The van der Waals surface area contributed by atoms with Gasteiger partial charge >= 0.3 is 11.7 Å². The smallest absolute Gasteiger partial charge is 0.347 e. The number of fused-ring (bicyclic) bond motifs is 1. The van der Waals surface area contributed by atoms with Gasteiger partial charge in [0, 0.05) is 18.2 Å². The fourth-order valence-corrected chi connectivity index (χ4v) is 2.65. The second kappa shape index (κ2) is 6.39. The number of halogens is 1. The van der Waals surface area contributed by atoms with E-state index >= 15 is 0 Å². The lowest BCUT2D eigenvalue weighted by molar-refractivity contribution is -0.388. The molecular formula is C17H14FNO6. The van der Waals surface area contributed by atoms with Gasteiger partial charge in [0.2, 0.25) is 11.6 Å². The molecule has 3 rings (SSSR count). The van der Waals surface area contributed by atoms with Gasteiger partial charge in [0.05, 0.1) is 18.5 Å². The molecule has 0 radical (unpaired) electrons. The van der Waals surface area contributed by atoms with Crippen LogP contribution in [0, 0.1) is 15.9 Å². The Hall–Kier alpha value is -3.16. The Morgan fingerprint density at radius 2 is 2.04 bits per heavy atom. The third-order valence-corrected chi connectivity index (χ3v) is 3.86. The summed E-state index contributed by atoms with van der Waals surface area (Å²) in [5.74, 6) is -1.17. The molecule has 0 bridgehead atoms. The van der Waals surface area contributed by atoms with Gasteiger partial charge in [-0.05, 0) is 17.5 Å². The maximum atomic E-state index is 14.0. The molecule has 0 saturated heterocycles. The molecule has 0 aliphatic carbocycles. The number of hydrogen-bond donors (Lipinski definition) is 0. The van der Waals surface area contributed by atoms with Crippen molar-refractivity contribution in [3.63, 3.8) is 0 Å². The summed E-state index contributed by atoms with van der Waals surface area (Å²) in [5, 5.41) is 11.1. The minimum absolute atomic E-state index is 0.00565. The fraction of sp³-hybridized carbons (Fsp3) is 0.235. The van der Waals surface area contributed by atoms with E-state index in [2.05, 4.69) is 0 Å². The normalized spacial score (nSPS) is 16.0. The number of rotatable bonds is 4. The molecule has 1 atom stereocenters. The van der Waals surface area contributed by atoms with Crippen LogP contribution in [-0.4, -0.2) is 18.0 Å². The van der Waals surface area contributed by atoms with E-state index < -0.39 is 16.4 Å². The average Bonchev–Trinajstić information content (AvgIpc) is 2.53. The van der Waals surface area contributed by atoms with E-state index in [-0.39, 0.29) is 35.6 Å². The number of nitro groups is 1. The lowest BCUT2D eigenvalue weighted by Gasteiger charge is -2.21. The monoisotopic (exact) mass is 347 g/mol. The van der Waals surface area contributed by atoms with Crippen LogP contribution in [0.4, 0.5) is 10.1 Å². The van der Waals surface area contributed by atoms with Crippen molar-refractivity contribution in [3.05, 3.63) is 51.8 Å². The van der Waals surface area contributed by atoms with Crippen molar-refractivity contribution in [2.45, 2.75) is 19.3 Å². The number of nitro benzene ring substituents is 1. The van der Waals surface area contributed by atoms with Gasteiger partial charge in [-0.1, -0.05) is 13.0 Å². The Balaban J connectivity index is 2.00. The summed E-state index contributed by atoms with van der Waals surface area (Å²) < 4.78 is 29.5. The molecule has 0 aromatic heterocycles. The first kappa shape index (κ1) is 16.7. The van der Waals surface area contributed by atoms with Gasteiger partial charge in [-0.2, -0.15) is 4.39 Å². The van der Waals surface area contributed by atoms with Gasteiger partial charge in [-0.15, -0.1) is 0 Å². The minimum Gasteiger partial charge on any atom is -0.497 e. The van der Waals surface area contributed by atoms with Crippen LogP contribution in [-0.2, 0) is 4.79 Å². The van der Waals surface area contributed by atoms with Crippen LogP contribution in [0.15, 0.2) is 30.3 Å². The molecule has 1 unspecified atom stereocenters. The molecule has 0 N–H and O–H groups in total. The number of nitrogens with zero attached hydrogens (tertiary/aromatic N) is 1. The van der Waals surface area contributed by atoms with Crippen molar-refractivity contribution >= 4 is 11.7 Å². The average molecular weight is 347 g/mol. The summed E-state index contributed by atoms with van der Waals surface area (Å²) >= 11 is 0. The van der Waals surface area contributed by atoms with Crippen LogP contribution in [0.2, 0.25) is 0 Å². The quantitative estimate of drug-likeness (QED) is 0.360. The Morgan fingerprint density at radius 1 is 1.28 bits per heavy atom. The van der Waals surface area contributed by atoms with Gasteiger partial charge in [0.25, 0.3) is 0 Å². The van der Waals surface area contributed by atoms with Crippen molar-refractivity contribution in [2.24, 2.45) is 0 Å². The van der Waals surface area contributed by atoms with E-state index in [9.17, 15) is 19.3 Å². The highest BCUT2D eigenvalue weighted by molar-refractivity contribution is 5.76. The molecule has 7 nitrogen and oxygen atoms in total. The topological polar surface area (TPSA) is 87.9 Å². The fourth-order valence-electron chi connectivity index (χ4n) is 2.65. The van der Waals surface area contributed by atoms with Crippen LogP contribution >= 0.6 is 0 Å². The van der Waals surface area contributed by atoms with Gasteiger partial charge in [0.15, 0.2) is 0 Å². The van der Waals surface area contributed by atoms with Crippen LogP contribution in [0.25, 0.3) is 0 Å². The van der Waals surface area contributed by atoms with Crippen molar-refractivity contribution in [1.29, 1.82) is 0 Å². The number of methoxy groups -OCH3 is 1. The zero-order valence-electron chi connectivity index (χ0n) is 13.4. The first-order valence-corrected chi connectivity index (χ1v) is 7.43. The maximum absolute atomic E-state index is 14.0. The molecule has 0 saturated carbocycles. The lowest BCUT2D eigenvalue weighted by atomic mass is 9.95. The van der Waals surface area contributed by atoms with E-state index in [1.54, 1.807) is 12.1 Å². The second-order valence-corrected chi connectivity index (χ2v) is 5.59. The van der Waals surface area contributed by atoms with Gasteiger partial charge in [0.1, 0.15) is 17.2 Å². The Kier molecular flexibility index (Phi) is 4.26. The highest BCUT2D eigenvalue weighted by Gasteiger charge is 2.27. The Morgan fingerprint density at radius 3 is 2.72 bits per heavy atom. The standard InChI is InChI=1S/C17H14FNO6/c1-9-5-16(20)25-14-7-10(3-4-12(9)14)24-15-8-11(23-2)6-13(18)17(15)19(21)22/h3-4,6-9H,5H2,1-2H3. The van der Waals surface area contributed by atoms with E-state index in [0.29, 0.717) is 5.75 Å². The predicted molar refractivity (Wildman–Crippen MR) is 84.8 cm³/mol. The third-order valence-electron chi connectivity index (χ3n) is 3.86. The largest absolute Gasteiger partial charge is 0.497 e. The maximum Gasteiger partial charge on any atom is 0.347 e. The number of ether oxygens (including phenoxy) is 3. The predicted octanol–water partition coefficient (Wildman–Crippen LogP) is 3.95. The summed E-state index contributed by atoms with van der Waals surface area (Å²) in [6.07, 6.45) is 0.278. The number of benzene rings is 2. The van der Waals surface area contributed by atoms with Gasteiger partial charge in [-0.25, -0.2) is 0 Å². The SMILES string of the molecule is COc1cc(F)c([N+](=O)[O-])c(Oc2ccc3c(c2)OC(=O)CC3C)c1. The Bertz CT molecular complexity index is 866. The van der Waals surface area contributed by atoms with Crippen LogP contribution in [0.3, 0.4) is 0 Å². The van der Waals surface area contributed by atoms with Crippen LogP contribution < -0.4 is 14.2 Å². The lowest BCUT2D eigenvalue weighted by Crippen LogP contribution is -2.18. The molecule has 1 aliphatic rings. The molecule has 1 aliphatic heterocycles. The zero-order chi connectivity index (χ0) is 18.1. The second-order valence-electron chi connectivity index (χ2n) is 5.59. The number of carbonyl (C=O) groups is 1. The molecule has 2 aromatic rings. The van der Waals surface area contributed by atoms with Gasteiger partial charge < -0.3 is 14.2 Å². The van der Waals surface area contributed by atoms with E-state index in [4.69, 9.17) is 14.2 Å². The molecule has 0 amide bonds. The summed E-state index contributed by atoms with van der Waals surface area (Å²) in [6.45, 7) is 1.89. The molecule has 0 fully saturated rings. The summed E-state index contributed by atoms with van der Waals surface area (Å²) in [6, 6.07) is 6.86. The van der Waals surface area contributed by atoms with Crippen LogP contribution in [0.1, 0.15) is 24.8 Å². The first-order valence-electron chi connectivity index (χ1n) is 7.43. The highest BCUT2D eigenvalue weighted by atomic mass is 19.1. The van der Waals surface area contributed by atoms with Gasteiger partial charge in [-0.3, -0.25) is 14.9 Å². The molecule has 8 heteroatoms. The molecule has 1 heterocycles. The number of hydrogen-bond acceptors (Lipinski definition) is 6. The molecule has 0 spiro atoms. The van der Waals surface area contributed by atoms with Crippen molar-refractivity contribution in [3.8, 4) is 23.0 Å².